The SMILES string of the molecule is CS(=O)(=O)N(Cc1ccc(Cl)cc1)c1ccc(C(=O)Nc2ccccc2C(=O)NC[C@H]2CCCO2)cc1. The predicted octanol–water partition coefficient (Wildman–Crippen LogP) is 4.47. The largest absolute Gasteiger partial charge is 0.376 e. The summed E-state index contributed by atoms with van der Waals surface area (Å²) in [7, 11) is -3.59. The fraction of sp³-hybridized carbons (Fsp3) is 0.259. The summed E-state index contributed by atoms with van der Waals surface area (Å²) in [5.41, 5.74) is 2.23. The molecule has 2 amide bonds. The summed E-state index contributed by atoms with van der Waals surface area (Å²) in [5, 5.41) is 6.21. The first kappa shape index (κ1) is 26.7. The van der Waals surface area contributed by atoms with Gasteiger partial charge >= 0.3 is 0 Å². The number of anilines is 2. The number of nitrogens with zero attached hydrogens (tertiary/aromatic N) is 1. The molecule has 1 fully saturated rings. The topological polar surface area (TPSA) is 105 Å². The molecule has 0 aromatic heterocycles. The Kier molecular flexibility index (Phi) is 8.48. The summed E-state index contributed by atoms with van der Waals surface area (Å²) < 4.78 is 31.8. The van der Waals surface area contributed by atoms with E-state index in [0.717, 1.165) is 24.7 Å². The Balaban J connectivity index is 1.46. The molecule has 1 aliphatic heterocycles. The van der Waals surface area contributed by atoms with Gasteiger partial charge in [0.05, 0.1) is 35.8 Å². The van der Waals surface area contributed by atoms with Crippen LogP contribution in [-0.2, 0) is 21.3 Å². The van der Waals surface area contributed by atoms with Gasteiger partial charge in [0.25, 0.3) is 11.8 Å². The van der Waals surface area contributed by atoms with Crippen LogP contribution >= 0.6 is 11.6 Å². The number of nitrogens with one attached hydrogen (secondary N) is 2. The van der Waals surface area contributed by atoms with Crippen LogP contribution in [-0.4, -0.2) is 45.7 Å². The van der Waals surface area contributed by atoms with Crippen molar-refractivity contribution in [2.75, 3.05) is 29.0 Å². The van der Waals surface area contributed by atoms with Crippen molar-refractivity contribution in [3.8, 4) is 0 Å². The summed E-state index contributed by atoms with van der Waals surface area (Å²) >= 11 is 5.93. The molecule has 1 saturated heterocycles. The van der Waals surface area contributed by atoms with E-state index in [1.165, 1.54) is 4.31 Å². The van der Waals surface area contributed by atoms with Crippen LogP contribution < -0.4 is 14.9 Å². The highest BCUT2D eigenvalue weighted by Crippen LogP contribution is 2.23. The van der Waals surface area contributed by atoms with E-state index in [2.05, 4.69) is 10.6 Å². The van der Waals surface area contributed by atoms with Crippen LogP contribution in [0.2, 0.25) is 5.02 Å². The highest BCUT2D eigenvalue weighted by Gasteiger charge is 2.20. The second kappa shape index (κ2) is 11.8. The van der Waals surface area contributed by atoms with E-state index in [4.69, 9.17) is 16.3 Å². The van der Waals surface area contributed by atoms with Crippen LogP contribution in [0.25, 0.3) is 0 Å². The molecule has 1 aliphatic rings. The van der Waals surface area contributed by atoms with Crippen LogP contribution in [0.5, 0.6) is 0 Å². The van der Waals surface area contributed by atoms with E-state index in [1.54, 1.807) is 72.8 Å². The van der Waals surface area contributed by atoms with Gasteiger partial charge in [-0.25, -0.2) is 8.42 Å². The lowest BCUT2D eigenvalue weighted by Gasteiger charge is -2.23. The van der Waals surface area contributed by atoms with Crippen molar-refractivity contribution in [2.45, 2.75) is 25.5 Å². The van der Waals surface area contributed by atoms with Crippen molar-refractivity contribution in [1.82, 2.24) is 5.32 Å². The van der Waals surface area contributed by atoms with Gasteiger partial charge in [-0.15, -0.1) is 0 Å². The van der Waals surface area contributed by atoms with Crippen molar-refractivity contribution in [1.29, 1.82) is 0 Å². The number of hydrogen-bond donors (Lipinski definition) is 2. The third-order valence-electron chi connectivity index (χ3n) is 5.99. The number of carbonyl (C=O) groups excluding carboxylic acids is 2. The zero-order chi connectivity index (χ0) is 26.4. The van der Waals surface area contributed by atoms with Gasteiger partial charge in [0.2, 0.25) is 10.0 Å². The molecule has 0 radical (unpaired) electrons. The Bertz CT molecular complexity index is 1360. The van der Waals surface area contributed by atoms with Crippen molar-refractivity contribution < 1.29 is 22.7 Å². The van der Waals surface area contributed by atoms with Gasteiger partial charge in [0.15, 0.2) is 0 Å². The lowest BCUT2D eigenvalue weighted by atomic mass is 10.1. The molecule has 1 atom stereocenters. The maximum atomic E-state index is 12.9. The Morgan fingerprint density at radius 1 is 1.00 bits per heavy atom. The number of hydrogen-bond acceptors (Lipinski definition) is 5. The van der Waals surface area contributed by atoms with Crippen molar-refractivity contribution >= 4 is 44.8 Å². The Morgan fingerprint density at radius 3 is 2.35 bits per heavy atom. The lowest BCUT2D eigenvalue weighted by Crippen LogP contribution is -2.32. The van der Waals surface area contributed by atoms with E-state index in [1.807, 2.05) is 0 Å². The van der Waals surface area contributed by atoms with E-state index < -0.39 is 15.9 Å². The second-order valence-electron chi connectivity index (χ2n) is 8.79. The molecular formula is C27H28ClN3O5S. The van der Waals surface area contributed by atoms with Gasteiger partial charge in [-0.3, -0.25) is 13.9 Å². The van der Waals surface area contributed by atoms with E-state index in [0.29, 0.717) is 40.7 Å². The molecule has 37 heavy (non-hydrogen) atoms. The van der Waals surface area contributed by atoms with Crippen LogP contribution in [0.15, 0.2) is 72.8 Å². The average Bonchev–Trinajstić information content (AvgIpc) is 3.40. The molecule has 0 saturated carbocycles. The number of benzene rings is 3. The van der Waals surface area contributed by atoms with Gasteiger partial charge in [0, 0.05) is 23.7 Å². The fourth-order valence-corrected chi connectivity index (χ4v) is 5.04. The summed E-state index contributed by atoms with van der Waals surface area (Å²) in [6.45, 7) is 1.24. The molecule has 2 N–H and O–H groups in total. The fourth-order valence-electron chi connectivity index (χ4n) is 4.03. The smallest absolute Gasteiger partial charge is 0.255 e. The molecule has 3 aromatic carbocycles. The standard InChI is InChI=1S/C27H28ClN3O5S/c1-37(34,35)31(18-19-8-12-21(28)13-9-19)22-14-10-20(11-15-22)26(32)30-25-7-3-2-6-24(25)27(33)29-17-23-5-4-16-36-23/h2-3,6-15,23H,4-5,16-18H2,1H3,(H,29,33)(H,30,32)/t23-/m1/s1. The summed E-state index contributed by atoms with van der Waals surface area (Å²) in [6, 6.07) is 19.9. The average molecular weight is 542 g/mol. The molecule has 0 aliphatic carbocycles. The van der Waals surface area contributed by atoms with Gasteiger partial charge < -0.3 is 15.4 Å². The van der Waals surface area contributed by atoms with Crippen LogP contribution in [0, 0.1) is 0 Å². The quantitative estimate of drug-likeness (QED) is 0.416. The number of halogens is 1. The van der Waals surface area contributed by atoms with Crippen LogP contribution in [0.4, 0.5) is 11.4 Å². The molecule has 0 spiro atoms. The first-order chi connectivity index (χ1) is 17.7. The van der Waals surface area contributed by atoms with Crippen LogP contribution in [0.3, 0.4) is 0 Å². The minimum atomic E-state index is -3.59. The number of para-hydroxylation sites is 1. The number of amides is 2. The maximum Gasteiger partial charge on any atom is 0.255 e. The first-order valence-electron chi connectivity index (χ1n) is 11.8. The molecule has 0 unspecified atom stereocenters. The molecule has 194 valence electrons. The highest BCUT2D eigenvalue weighted by atomic mass is 35.5. The van der Waals surface area contributed by atoms with Crippen molar-refractivity contribution in [3.63, 3.8) is 0 Å². The van der Waals surface area contributed by atoms with E-state index in [-0.39, 0.29) is 18.6 Å². The number of rotatable bonds is 9. The summed E-state index contributed by atoms with van der Waals surface area (Å²) in [5.74, 6) is -0.720. The third kappa shape index (κ3) is 7.09. The van der Waals surface area contributed by atoms with E-state index in [9.17, 15) is 18.0 Å². The monoisotopic (exact) mass is 541 g/mol. The second-order valence-corrected chi connectivity index (χ2v) is 11.1. The molecule has 10 heteroatoms. The lowest BCUT2D eigenvalue weighted by molar-refractivity contribution is 0.0858. The summed E-state index contributed by atoms with van der Waals surface area (Å²) in [4.78, 5) is 25.7. The normalized spacial score (nSPS) is 15.2. The molecule has 1 heterocycles. The van der Waals surface area contributed by atoms with E-state index >= 15 is 0 Å². The molecular weight excluding hydrogens is 514 g/mol. The first-order valence-corrected chi connectivity index (χ1v) is 14.1. The number of sulfonamides is 1. The van der Waals surface area contributed by atoms with Gasteiger partial charge in [-0.1, -0.05) is 35.9 Å². The molecule has 4 rings (SSSR count). The van der Waals surface area contributed by atoms with Gasteiger partial charge in [-0.05, 0) is 66.9 Å². The molecule has 3 aromatic rings. The Labute approximate surface area is 221 Å². The predicted molar refractivity (Wildman–Crippen MR) is 145 cm³/mol. The van der Waals surface area contributed by atoms with Gasteiger partial charge in [0.1, 0.15) is 0 Å². The van der Waals surface area contributed by atoms with Gasteiger partial charge in [-0.2, -0.15) is 0 Å². The zero-order valence-corrected chi connectivity index (χ0v) is 21.9. The number of carbonyl (C=O) groups is 2. The Morgan fingerprint density at radius 2 is 1.70 bits per heavy atom. The minimum Gasteiger partial charge on any atom is -0.376 e. The Hall–Kier alpha value is -3.40. The highest BCUT2D eigenvalue weighted by molar-refractivity contribution is 7.92. The van der Waals surface area contributed by atoms with Crippen LogP contribution in [0.1, 0.15) is 39.1 Å². The van der Waals surface area contributed by atoms with Crippen molar-refractivity contribution in [3.05, 3.63) is 94.5 Å². The van der Waals surface area contributed by atoms with Crippen molar-refractivity contribution in [2.24, 2.45) is 0 Å². The number of ether oxygens (including phenoxy) is 1. The third-order valence-corrected chi connectivity index (χ3v) is 7.38. The molecule has 8 nitrogen and oxygen atoms in total. The maximum absolute atomic E-state index is 12.9. The minimum absolute atomic E-state index is 0.00964. The molecule has 0 bridgehead atoms. The summed E-state index contributed by atoms with van der Waals surface area (Å²) in [6.07, 6.45) is 3.03. The zero-order valence-electron chi connectivity index (χ0n) is 20.3.